The van der Waals surface area contributed by atoms with Crippen molar-refractivity contribution in [3.8, 4) is 11.1 Å². The van der Waals surface area contributed by atoms with E-state index in [1.807, 2.05) is 48.5 Å². The predicted octanol–water partition coefficient (Wildman–Crippen LogP) is 2.92. The van der Waals surface area contributed by atoms with Gasteiger partial charge in [-0.25, -0.2) is 17.5 Å². The van der Waals surface area contributed by atoms with E-state index in [0.29, 0.717) is 19.4 Å². The van der Waals surface area contributed by atoms with Crippen LogP contribution in [0.2, 0.25) is 0 Å². The van der Waals surface area contributed by atoms with Gasteiger partial charge < -0.3 is 4.90 Å². The number of alkyl halides is 1. The largest absolute Gasteiger partial charge is 0.335 e. The van der Waals surface area contributed by atoms with Crippen LogP contribution < -0.4 is 4.72 Å². The lowest BCUT2D eigenvalue weighted by atomic mass is 9.97. The van der Waals surface area contributed by atoms with Crippen LogP contribution >= 0.6 is 0 Å². The fourth-order valence-electron chi connectivity index (χ4n) is 4.10. The number of hydrogen-bond acceptors (Lipinski definition) is 3. The molecular weight excluding hydrogens is 391 g/mol. The Bertz CT molecular complexity index is 1010. The Hall–Kier alpha value is -2.25. The Labute approximate surface area is 171 Å². The third-order valence-electron chi connectivity index (χ3n) is 5.72. The summed E-state index contributed by atoms with van der Waals surface area (Å²) < 4.78 is 40.8. The van der Waals surface area contributed by atoms with Gasteiger partial charge in [-0.15, -0.1) is 0 Å². The highest BCUT2D eigenvalue weighted by Gasteiger charge is 2.55. The maximum absolute atomic E-state index is 14.5. The Morgan fingerprint density at radius 1 is 1.14 bits per heavy atom. The zero-order valence-electron chi connectivity index (χ0n) is 16.3. The van der Waals surface area contributed by atoms with Crippen LogP contribution in [0.5, 0.6) is 0 Å². The van der Waals surface area contributed by atoms with Gasteiger partial charge in [-0.3, -0.25) is 4.79 Å². The number of nitrogens with zero attached hydrogens (tertiary/aromatic N) is 1. The number of carbonyl (C=O) groups excluding carboxylic acids is 1. The van der Waals surface area contributed by atoms with E-state index >= 15 is 0 Å². The molecule has 1 aliphatic heterocycles. The van der Waals surface area contributed by atoms with E-state index in [1.165, 1.54) is 0 Å². The second-order valence-corrected chi connectivity index (χ2v) is 9.87. The fourth-order valence-corrected chi connectivity index (χ4v) is 4.93. The van der Waals surface area contributed by atoms with Gasteiger partial charge in [0.25, 0.3) is 5.91 Å². The van der Waals surface area contributed by atoms with Gasteiger partial charge in [0.2, 0.25) is 10.0 Å². The van der Waals surface area contributed by atoms with Crippen molar-refractivity contribution in [1.82, 2.24) is 9.62 Å². The Morgan fingerprint density at radius 3 is 2.48 bits per heavy atom. The Balaban J connectivity index is 1.61. The molecule has 2 atom stereocenters. The minimum Gasteiger partial charge on any atom is -0.335 e. The summed E-state index contributed by atoms with van der Waals surface area (Å²) in [5, 5.41) is 0. The molecule has 1 saturated carbocycles. The van der Waals surface area contributed by atoms with Gasteiger partial charge in [-0.2, -0.15) is 0 Å². The number of hydrogen-bond donors (Lipinski definition) is 1. The molecule has 1 saturated heterocycles. The van der Waals surface area contributed by atoms with Gasteiger partial charge in [-0.05, 0) is 42.4 Å². The first-order valence-corrected chi connectivity index (χ1v) is 11.8. The monoisotopic (exact) mass is 416 g/mol. The summed E-state index contributed by atoms with van der Waals surface area (Å²) in [6, 6.07) is 17.1. The number of rotatable bonds is 6. The third-order valence-corrected chi connectivity index (χ3v) is 6.45. The second kappa shape index (κ2) is 7.54. The van der Waals surface area contributed by atoms with Crippen LogP contribution in [-0.2, 0) is 21.2 Å². The van der Waals surface area contributed by atoms with Crippen molar-refractivity contribution in [2.24, 2.45) is 0 Å². The standard InChI is InChI=1S/C22H25FN2O3S/c1-29(27,28)24-19-10-13-25(21(26)22(23)11-12-22)20(19)15-16-6-5-9-18(14-16)17-7-3-2-4-8-17/h2-9,14,19-20,24H,10-13,15H2,1H3/t19-,20-/m1/s1. The van der Waals surface area contributed by atoms with Crippen molar-refractivity contribution < 1.29 is 17.6 Å². The number of sulfonamides is 1. The van der Waals surface area contributed by atoms with Crippen molar-refractivity contribution in [2.75, 3.05) is 12.8 Å². The molecule has 0 unspecified atom stereocenters. The minimum atomic E-state index is -3.43. The summed E-state index contributed by atoms with van der Waals surface area (Å²) in [5.74, 6) is -0.500. The summed E-state index contributed by atoms with van der Waals surface area (Å²) in [6.07, 6.45) is 2.57. The summed E-state index contributed by atoms with van der Waals surface area (Å²) in [5.41, 5.74) is 1.36. The highest BCUT2D eigenvalue weighted by Crippen LogP contribution is 2.43. The van der Waals surface area contributed by atoms with Crippen molar-refractivity contribution in [2.45, 2.75) is 43.4 Å². The lowest BCUT2D eigenvalue weighted by molar-refractivity contribution is -0.139. The molecule has 2 aliphatic rings. The number of nitrogens with one attached hydrogen (secondary N) is 1. The maximum Gasteiger partial charge on any atom is 0.260 e. The number of likely N-dealkylation sites (tertiary alicyclic amines) is 1. The SMILES string of the molecule is CS(=O)(=O)N[C@@H]1CCN(C(=O)C2(F)CC2)[C@@H]1Cc1cccc(-c2ccccc2)c1. The maximum atomic E-state index is 14.5. The van der Waals surface area contributed by atoms with Crippen molar-refractivity contribution in [1.29, 1.82) is 0 Å². The van der Waals surface area contributed by atoms with Gasteiger partial charge in [-0.1, -0.05) is 54.6 Å². The van der Waals surface area contributed by atoms with Crippen LogP contribution in [0.1, 0.15) is 24.8 Å². The molecular formula is C22H25FN2O3S. The molecule has 2 fully saturated rings. The van der Waals surface area contributed by atoms with Gasteiger partial charge in [0.15, 0.2) is 5.67 Å². The molecule has 154 valence electrons. The van der Waals surface area contributed by atoms with Crippen LogP contribution in [0.4, 0.5) is 4.39 Å². The summed E-state index contributed by atoms with van der Waals surface area (Å²) in [6.45, 7) is 0.362. The third kappa shape index (κ3) is 4.51. The zero-order chi connectivity index (χ0) is 20.6. The zero-order valence-corrected chi connectivity index (χ0v) is 17.2. The number of carbonyl (C=O) groups is 1. The molecule has 0 radical (unpaired) electrons. The van der Waals surface area contributed by atoms with Crippen LogP contribution in [0.15, 0.2) is 54.6 Å². The fraction of sp³-hybridized carbons (Fsp3) is 0.409. The van der Waals surface area contributed by atoms with E-state index in [2.05, 4.69) is 10.8 Å². The molecule has 29 heavy (non-hydrogen) atoms. The Kier molecular flexibility index (Phi) is 5.21. The van der Waals surface area contributed by atoms with Crippen LogP contribution in [-0.4, -0.2) is 49.8 Å². The lowest BCUT2D eigenvalue weighted by Gasteiger charge is -2.29. The molecule has 0 bridgehead atoms. The Morgan fingerprint density at radius 2 is 1.83 bits per heavy atom. The molecule has 2 aromatic rings. The normalized spacial score (nSPS) is 23.2. The predicted molar refractivity (Wildman–Crippen MR) is 111 cm³/mol. The van der Waals surface area contributed by atoms with Crippen LogP contribution in [0, 0.1) is 0 Å². The highest BCUT2D eigenvalue weighted by atomic mass is 32.2. The molecule has 0 spiro atoms. The smallest absolute Gasteiger partial charge is 0.260 e. The molecule has 2 aromatic carbocycles. The van der Waals surface area contributed by atoms with E-state index in [9.17, 15) is 17.6 Å². The van der Waals surface area contributed by atoms with Gasteiger partial charge >= 0.3 is 0 Å². The van der Waals surface area contributed by atoms with Crippen molar-refractivity contribution >= 4 is 15.9 Å². The quantitative estimate of drug-likeness (QED) is 0.787. The van der Waals surface area contributed by atoms with E-state index in [4.69, 9.17) is 0 Å². The first-order chi connectivity index (χ1) is 13.8. The van der Waals surface area contributed by atoms with Gasteiger partial charge in [0.1, 0.15) is 0 Å². The van der Waals surface area contributed by atoms with E-state index in [-0.39, 0.29) is 12.8 Å². The summed E-state index contributed by atoms with van der Waals surface area (Å²) in [7, 11) is -3.43. The lowest BCUT2D eigenvalue weighted by Crippen LogP contribution is -2.50. The molecule has 0 aromatic heterocycles. The molecule has 1 N–H and O–H groups in total. The van der Waals surface area contributed by atoms with E-state index in [0.717, 1.165) is 22.9 Å². The minimum absolute atomic E-state index is 0.253. The molecule has 5 nitrogen and oxygen atoms in total. The first-order valence-electron chi connectivity index (χ1n) is 9.87. The highest BCUT2D eigenvalue weighted by molar-refractivity contribution is 7.88. The molecule has 1 amide bonds. The van der Waals surface area contributed by atoms with Crippen LogP contribution in [0.25, 0.3) is 11.1 Å². The van der Waals surface area contributed by atoms with E-state index in [1.54, 1.807) is 4.90 Å². The first kappa shape index (κ1) is 20.0. The van der Waals surface area contributed by atoms with Crippen LogP contribution in [0.3, 0.4) is 0 Å². The number of benzene rings is 2. The average Bonchev–Trinajstić information content (AvgIpc) is 3.34. The molecule has 7 heteroatoms. The summed E-state index contributed by atoms with van der Waals surface area (Å²) in [4.78, 5) is 14.2. The molecule has 1 heterocycles. The summed E-state index contributed by atoms with van der Waals surface area (Å²) >= 11 is 0. The van der Waals surface area contributed by atoms with E-state index < -0.39 is 33.7 Å². The van der Waals surface area contributed by atoms with Crippen molar-refractivity contribution in [3.63, 3.8) is 0 Å². The molecule has 4 rings (SSSR count). The average molecular weight is 417 g/mol. The van der Waals surface area contributed by atoms with Gasteiger partial charge in [0, 0.05) is 12.6 Å². The topological polar surface area (TPSA) is 66.5 Å². The number of amides is 1. The number of halogens is 1. The second-order valence-electron chi connectivity index (χ2n) is 8.09. The van der Waals surface area contributed by atoms with Gasteiger partial charge in [0.05, 0.1) is 12.3 Å². The molecule has 1 aliphatic carbocycles. The van der Waals surface area contributed by atoms with Crippen molar-refractivity contribution in [3.05, 3.63) is 60.2 Å².